The van der Waals surface area contributed by atoms with Crippen LogP contribution >= 0.6 is 0 Å². The van der Waals surface area contributed by atoms with Crippen LogP contribution in [0.5, 0.6) is 5.75 Å². The van der Waals surface area contributed by atoms with Crippen LogP contribution in [-0.4, -0.2) is 28.0 Å². The molecule has 1 aromatic carbocycles. The summed E-state index contributed by atoms with van der Waals surface area (Å²) in [5.74, 6) is -0.793. The lowest BCUT2D eigenvalue weighted by Crippen LogP contribution is -2.23. The highest BCUT2D eigenvalue weighted by molar-refractivity contribution is 5.91. The Hall–Kier alpha value is -2.63. The Bertz CT molecular complexity index is 707. The molecule has 1 aromatic heterocycles. The van der Waals surface area contributed by atoms with Crippen molar-refractivity contribution in [3.05, 3.63) is 57.5 Å². The maximum atomic E-state index is 11.7. The lowest BCUT2D eigenvalue weighted by Gasteiger charge is -2.09. The van der Waals surface area contributed by atoms with Gasteiger partial charge in [-0.05, 0) is 30.7 Å². The molecule has 6 heteroatoms. The minimum atomic E-state index is -1.08. The Balaban J connectivity index is 2.39. The molecule has 0 aliphatic rings. The van der Waals surface area contributed by atoms with E-state index in [-0.39, 0.29) is 23.4 Å². The molecule has 0 amide bonds. The van der Waals surface area contributed by atoms with Gasteiger partial charge in [0, 0.05) is 6.07 Å². The number of nitrogens with zero attached hydrogens (tertiary/aromatic N) is 2. The quantitative estimate of drug-likeness (QED) is 0.909. The van der Waals surface area contributed by atoms with Crippen molar-refractivity contribution in [1.29, 1.82) is 0 Å². The highest BCUT2D eigenvalue weighted by Gasteiger charge is 2.12. The molecule has 104 valence electrons. The van der Waals surface area contributed by atoms with E-state index in [1.54, 1.807) is 25.1 Å². The van der Waals surface area contributed by atoms with E-state index in [0.29, 0.717) is 5.56 Å². The van der Waals surface area contributed by atoms with E-state index >= 15 is 0 Å². The normalized spacial score (nSPS) is 10.3. The van der Waals surface area contributed by atoms with E-state index in [1.807, 2.05) is 0 Å². The maximum Gasteiger partial charge on any atom is 0.339 e. The van der Waals surface area contributed by atoms with E-state index < -0.39 is 5.97 Å². The highest BCUT2D eigenvalue weighted by atomic mass is 16.5. The van der Waals surface area contributed by atoms with Gasteiger partial charge in [-0.2, -0.15) is 5.10 Å². The number of carbonyl (C=O) groups is 1. The fraction of sp³-hybridized carbons (Fsp3) is 0.214. The van der Waals surface area contributed by atoms with Gasteiger partial charge in [0.25, 0.3) is 5.56 Å². The monoisotopic (exact) mass is 274 g/mol. The number of benzene rings is 1. The summed E-state index contributed by atoms with van der Waals surface area (Å²) < 4.78 is 6.28. The molecular formula is C14H14N2O4. The van der Waals surface area contributed by atoms with E-state index in [0.717, 1.165) is 5.69 Å². The average molecular weight is 274 g/mol. The molecule has 0 saturated carbocycles. The minimum absolute atomic E-state index is 0.0608. The molecule has 20 heavy (non-hydrogen) atoms. The fourth-order valence-corrected chi connectivity index (χ4v) is 1.86. The number of aromatic carboxylic acids is 1. The Labute approximate surface area is 115 Å². The van der Waals surface area contributed by atoms with Gasteiger partial charge in [0.05, 0.1) is 19.3 Å². The molecule has 6 nitrogen and oxygen atoms in total. The molecular weight excluding hydrogens is 260 g/mol. The average Bonchev–Trinajstić information content (AvgIpc) is 2.42. The predicted octanol–water partition coefficient (Wildman–Crippen LogP) is 1.31. The zero-order valence-electron chi connectivity index (χ0n) is 11.2. The number of rotatable bonds is 4. The zero-order chi connectivity index (χ0) is 14.7. The van der Waals surface area contributed by atoms with Gasteiger partial charge in [0.1, 0.15) is 11.3 Å². The third-order valence-electron chi connectivity index (χ3n) is 2.83. The first-order chi connectivity index (χ1) is 9.51. The van der Waals surface area contributed by atoms with Crippen LogP contribution in [0.2, 0.25) is 0 Å². The molecule has 0 aliphatic carbocycles. The standard InChI is InChI=1S/C14H14N2O4/c1-9-3-6-13(17)16(15-9)8-10-4-5-12(20-2)11(7-10)14(18)19/h3-7H,8H2,1-2H3,(H,18,19). The Morgan fingerprint density at radius 3 is 2.75 bits per heavy atom. The van der Waals surface area contributed by atoms with Crippen LogP contribution in [-0.2, 0) is 6.54 Å². The van der Waals surface area contributed by atoms with Crippen LogP contribution in [0.4, 0.5) is 0 Å². The van der Waals surface area contributed by atoms with Crippen LogP contribution in [0.25, 0.3) is 0 Å². The first-order valence-corrected chi connectivity index (χ1v) is 5.96. The van der Waals surface area contributed by atoms with Crippen molar-refractivity contribution in [2.24, 2.45) is 0 Å². The number of carboxylic acid groups (broad SMARTS) is 1. The molecule has 1 heterocycles. The first-order valence-electron chi connectivity index (χ1n) is 5.96. The number of carboxylic acids is 1. The Morgan fingerprint density at radius 2 is 2.10 bits per heavy atom. The van der Waals surface area contributed by atoms with Gasteiger partial charge in [-0.25, -0.2) is 9.48 Å². The first kappa shape index (κ1) is 13.8. The number of aryl methyl sites for hydroxylation is 1. The Morgan fingerprint density at radius 1 is 1.35 bits per heavy atom. The third-order valence-corrected chi connectivity index (χ3v) is 2.83. The van der Waals surface area contributed by atoms with Crippen LogP contribution < -0.4 is 10.3 Å². The zero-order valence-corrected chi connectivity index (χ0v) is 11.2. The molecule has 0 unspecified atom stereocenters. The van der Waals surface area contributed by atoms with Crippen molar-refractivity contribution in [3.63, 3.8) is 0 Å². The summed E-state index contributed by atoms with van der Waals surface area (Å²) in [4.78, 5) is 22.8. The summed E-state index contributed by atoms with van der Waals surface area (Å²) in [6.07, 6.45) is 0. The molecule has 2 rings (SSSR count). The minimum Gasteiger partial charge on any atom is -0.496 e. The molecule has 1 N–H and O–H groups in total. The van der Waals surface area contributed by atoms with Crippen LogP contribution in [0.3, 0.4) is 0 Å². The summed E-state index contributed by atoms with van der Waals surface area (Å²) in [6.45, 7) is 2.00. The topological polar surface area (TPSA) is 81.4 Å². The van der Waals surface area contributed by atoms with Crippen molar-refractivity contribution in [2.75, 3.05) is 7.11 Å². The number of aromatic nitrogens is 2. The largest absolute Gasteiger partial charge is 0.496 e. The number of ether oxygens (including phenoxy) is 1. The molecule has 0 bridgehead atoms. The van der Waals surface area contributed by atoms with Crippen molar-refractivity contribution >= 4 is 5.97 Å². The van der Waals surface area contributed by atoms with Gasteiger partial charge in [-0.3, -0.25) is 4.79 Å². The van der Waals surface area contributed by atoms with E-state index in [1.165, 1.54) is 23.9 Å². The van der Waals surface area contributed by atoms with E-state index in [9.17, 15) is 9.59 Å². The van der Waals surface area contributed by atoms with Gasteiger partial charge >= 0.3 is 5.97 Å². The summed E-state index contributed by atoms with van der Waals surface area (Å²) in [6, 6.07) is 7.83. The van der Waals surface area contributed by atoms with Crippen LogP contribution in [0, 0.1) is 6.92 Å². The second-order valence-electron chi connectivity index (χ2n) is 4.31. The molecule has 0 atom stereocenters. The summed E-state index contributed by atoms with van der Waals surface area (Å²) in [5.41, 5.74) is 1.22. The Kier molecular flexibility index (Phi) is 3.84. The van der Waals surface area contributed by atoms with Gasteiger partial charge < -0.3 is 9.84 Å². The van der Waals surface area contributed by atoms with Crippen molar-refractivity contribution < 1.29 is 14.6 Å². The van der Waals surface area contributed by atoms with Crippen molar-refractivity contribution in [2.45, 2.75) is 13.5 Å². The number of hydrogen-bond acceptors (Lipinski definition) is 4. The lowest BCUT2D eigenvalue weighted by atomic mass is 10.1. The molecule has 0 saturated heterocycles. The van der Waals surface area contributed by atoms with E-state index in [2.05, 4.69) is 5.10 Å². The molecule has 2 aromatic rings. The highest BCUT2D eigenvalue weighted by Crippen LogP contribution is 2.20. The molecule has 0 fully saturated rings. The van der Waals surface area contributed by atoms with Gasteiger partial charge in [-0.1, -0.05) is 6.07 Å². The number of hydrogen-bond donors (Lipinski definition) is 1. The predicted molar refractivity (Wildman–Crippen MR) is 72.3 cm³/mol. The second-order valence-corrected chi connectivity index (χ2v) is 4.31. The lowest BCUT2D eigenvalue weighted by molar-refractivity contribution is 0.0693. The van der Waals surface area contributed by atoms with Gasteiger partial charge in [-0.15, -0.1) is 0 Å². The molecule has 0 aliphatic heterocycles. The summed E-state index contributed by atoms with van der Waals surface area (Å²) >= 11 is 0. The SMILES string of the molecule is COc1ccc(Cn2nc(C)ccc2=O)cc1C(=O)O. The van der Waals surface area contributed by atoms with E-state index in [4.69, 9.17) is 9.84 Å². The second kappa shape index (κ2) is 5.56. The summed E-state index contributed by atoms with van der Waals surface area (Å²) in [7, 11) is 1.41. The smallest absolute Gasteiger partial charge is 0.339 e. The van der Waals surface area contributed by atoms with Gasteiger partial charge in [0.2, 0.25) is 0 Å². The fourth-order valence-electron chi connectivity index (χ4n) is 1.86. The van der Waals surface area contributed by atoms with Crippen molar-refractivity contribution in [3.8, 4) is 5.75 Å². The van der Waals surface area contributed by atoms with Gasteiger partial charge in [0.15, 0.2) is 0 Å². The van der Waals surface area contributed by atoms with Crippen molar-refractivity contribution in [1.82, 2.24) is 9.78 Å². The maximum absolute atomic E-state index is 11.7. The third kappa shape index (κ3) is 2.85. The van der Waals surface area contributed by atoms with Crippen LogP contribution in [0.1, 0.15) is 21.6 Å². The number of methoxy groups -OCH3 is 1. The molecule has 0 radical (unpaired) electrons. The van der Waals surface area contributed by atoms with Crippen LogP contribution in [0.15, 0.2) is 35.1 Å². The molecule has 0 spiro atoms. The summed E-state index contributed by atoms with van der Waals surface area (Å²) in [5, 5.41) is 13.2.